The predicted octanol–water partition coefficient (Wildman–Crippen LogP) is 3.75. The van der Waals surface area contributed by atoms with Gasteiger partial charge in [0.2, 0.25) is 0 Å². The van der Waals surface area contributed by atoms with Crippen LogP contribution in [0.25, 0.3) is 11.3 Å². The Balaban J connectivity index is 1.44. The second-order valence-electron chi connectivity index (χ2n) is 8.44. The lowest BCUT2D eigenvalue weighted by Gasteiger charge is -2.15. The molecule has 5 heteroatoms. The summed E-state index contributed by atoms with van der Waals surface area (Å²) in [7, 11) is 0. The number of carbonyl (C=O) groups is 1. The largest absolute Gasteiger partial charge is 0.330 e. The van der Waals surface area contributed by atoms with E-state index >= 15 is 0 Å². The molecule has 0 unspecified atom stereocenters. The molecule has 1 aliphatic heterocycles. The number of carbonyl (C=O) groups excluding carboxylic acids is 1. The lowest BCUT2D eigenvalue weighted by molar-refractivity contribution is 0.0766. The Kier molecular flexibility index (Phi) is 3.47. The summed E-state index contributed by atoms with van der Waals surface area (Å²) >= 11 is 0. The van der Waals surface area contributed by atoms with Gasteiger partial charge in [-0.3, -0.25) is 14.9 Å². The molecule has 0 saturated carbocycles. The molecule has 2 aliphatic rings. The normalized spacial score (nSPS) is 17.3. The Labute approximate surface area is 158 Å². The lowest BCUT2D eigenvalue weighted by Crippen LogP contribution is -2.23. The van der Waals surface area contributed by atoms with Crippen LogP contribution in [-0.2, 0) is 25.9 Å². The Morgan fingerprint density at radius 1 is 1.22 bits per heavy atom. The topological polar surface area (TPSA) is 61.9 Å². The molecule has 0 atom stereocenters. The van der Waals surface area contributed by atoms with Crippen LogP contribution in [0.15, 0.2) is 42.7 Å². The van der Waals surface area contributed by atoms with Crippen LogP contribution >= 0.6 is 0 Å². The molecule has 0 bridgehead atoms. The van der Waals surface area contributed by atoms with Gasteiger partial charge < -0.3 is 4.90 Å². The highest BCUT2D eigenvalue weighted by Crippen LogP contribution is 2.40. The highest BCUT2D eigenvalue weighted by molar-refractivity contribution is 5.99. The third-order valence-corrected chi connectivity index (χ3v) is 5.62. The Hall–Kier alpha value is -2.95. The van der Waals surface area contributed by atoms with Crippen molar-refractivity contribution in [1.29, 1.82) is 0 Å². The molecule has 2 aromatic heterocycles. The van der Waals surface area contributed by atoms with Crippen LogP contribution in [0, 0.1) is 5.41 Å². The van der Waals surface area contributed by atoms with E-state index in [1.54, 1.807) is 6.20 Å². The monoisotopic (exact) mass is 358 g/mol. The minimum Gasteiger partial charge on any atom is -0.330 e. The average molecular weight is 358 g/mol. The summed E-state index contributed by atoms with van der Waals surface area (Å²) in [5.41, 5.74) is 7.93. The van der Waals surface area contributed by atoms with Crippen LogP contribution < -0.4 is 0 Å². The fraction of sp³-hybridized carbons (Fsp3) is 0.318. The molecule has 0 radical (unpaired) electrons. The molecule has 27 heavy (non-hydrogen) atoms. The number of hydrogen-bond acceptors (Lipinski definition) is 3. The first-order chi connectivity index (χ1) is 13.0. The number of H-pyrrole nitrogens is 1. The van der Waals surface area contributed by atoms with Gasteiger partial charge in [0, 0.05) is 47.9 Å². The molecular formula is C22H22N4O. The molecule has 5 nitrogen and oxygen atoms in total. The lowest BCUT2D eigenvalue weighted by atomic mass is 9.90. The standard InChI is InChI=1S/C22H22N4O/c1-22(2)9-18-19(10-22)24-25-20(18)15-5-6-17-16(8-15)13-26(21(17)27)12-14-4-3-7-23-11-14/h3-8,11H,9-10,12-13H2,1-2H3,(H,24,25). The summed E-state index contributed by atoms with van der Waals surface area (Å²) in [5, 5.41) is 7.80. The molecule has 0 spiro atoms. The van der Waals surface area contributed by atoms with Crippen LogP contribution in [0.5, 0.6) is 0 Å². The second-order valence-corrected chi connectivity index (χ2v) is 8.44. The number of amides is 1. The molecule has 1 amide bonds. The van der Waals surface area contributed by atoms with Crippen LogP contribution in [0.4, 0.5) is 0 Å². The van der Waals surface area contributed by atoms with Gasteiger partial charge in [-0.15, -0.1) is 0 Å². The van der Waals surface area contributed by atoms with Crippen molar-refractivity contribution in [2.75, 3.05) is 0 Å². The van der Waals surface area contributed by atoms with E-state index in [9.17, 15) is 4.79 Å². The number of nitrogens with zero attached hydrogens (tertiary/aromatic N) is 3. The fourth-order valence-corrected chi connectivity index (χ4v) is 4.36. The smallest absolute Gasteiger partial charge is 0.254 e. The van der Waals surface area contributed by atoms with Gasteiger partial charge in [-0.2, -0.15) is 5.10 Å². The fourth-order valence-electron chi connectivity index (χ4n) is 4.36. The zero-order chi connectivity index (χ0) is 18.6. The molecule has 1 aliphatic carbocycles. The number of hydrogen-bond donors (Lipinski definition) is 1. The first-order valence-corrected chi connectivity index (χ1v) is 9.38. The van der Waals surface area contributed by atoms with Crippen molar-refractivity contribution in [3.8, 4) is 11.3 Å². The van der Waals surface area contributed by atoms with Gasteiger partial charge in [-0.25, -0.2) is 0 Å². The van der Waals surface area contributed by atoms with Gasteiger partial charge in [-0.05, 0) is 47.6 Å². The predicted molar refractivity (Wildman–Crippen MR) is 103 cm³/mol. The van der Waals surface area contributed by atoms with Gasteiger partial charge in [0.05, 0.1) is 5.69 Å². The van der Waals surface area contributed by atoms with Gasteiger partial charge >= 0.3 is 0 Å². The van der Waals surface area contributed by atoms with Crippen molar-refractivity contribution >= 4 is 5.91 Å². The zero-order valence-electron chi connectivity index (χ0n) is 15.6. The minimum atomic E-state index is 0.0915. The first-order valence-electron chi connectivity index (χ1n) is 9.38. The summed E-state index contributed by atoms with van der Waals surface area (Å²) in [6.45, 7) is 5.81. The van der Waals surface area contributed by atoms with E-state index in [1.165, 1.54) is 11.3 Å². The Morgan fingerprint density at radius 2 is 2.11 bits per heavy atom. The van der Waals surface area contributed by atoms with E-state index in [0.717, 1.165) is 40.8 Å². The van der Waals surface area contributed by atoms with E-state index in [2.05, 4.69) is 35.1 Å². The van der Waals surface area contributed by atoms with Crippen molar-refractivity contribution in [1.82, 2.24) is 20.1 Å². The van der Waals surface area contributed by atoms with Crippen LogP contribution in [0.3, 0.4) is 0 Å². The minimum absolute atomic E-state index is 0.0915. The van der Waals surface area contributed by atoms with Crippen molar-refractivity contribution in [3.05, 3.63) is 70.7 Å². The highest BCUT2D eigenvalue weighted by atomic mass is 16.2. The molecule has 136 valence electrons. The van der Waals surface area contributed by atoms with Gasteiger partial charge in [0.25, 0.3) is 5.91 Å². The van der Waals surface area contributed by atoms with E-state index in [1.807, 2.05) is 35.4 Å². The number of fused-ring (bicyclic) bond motifs is 2. The summed E-state index contributed by atoms with van der Waals surface area (Å²) in [4.78, 5) is 18.8. The van der Waals surface area contributed by atoms with Crippen LogP contribution in [-0.4, -0.2) is 26.0 Å². The van der Waals surface area contributed by atoms with Gasteiger partial charge in [0.1, 0.15) is 0 Å². The zero-order valence-corrected chi connectivity index (χ0v) is 15.6. The summed E-state index contributed by atoms with van der Waals surface area (Å²) in [6, 6.07) is 10.0. The van der Waals surface area contributed by atoms with E-state index in [-0.39, 0.29) is 11.3 Å². The molecule has 0 fully saturated rings. The number of nitrogens with one attached hydrogen (secondary N) is 1. The molecule has 3 aromatic rings. The molecule has 3 heterocycles. The van der Waals surface area contributed by atoms with E-state index in [0.29, 0.717) is 13.1 Å². The van der Waals surface area contributed by atoms with Crippen molar-refractivity contribution in [3.63, 3.8) is 0 Å². The third-order valence-electron chi connectivity index (χ3n) is 5.62. The van der Waals surface area contributed by atoms with Crippen molar-refractivity contribution < 1.29 is 4.79 Å². The molecule has 1 aromatic carbocycles. The highest BCUT2D eigenvalue weighted by Gasteiger charge is 2.33. The summed E-state index contributed by atoms with van der Waals surface area (Å²) in [6.07, 6.45) is 5.64. The molecule has 5 rings (SSSR count). The summed E-state index contributed by atoms with van der Waals surface area (Å²) in [5.74, 6) is 0.0915. The maximum absolute atomic E-state index is 12.8. The van der Waals surface area contributed by atoms with E-state index in [4.69, 9.17) is 0 Å². The number of pyridine rings is 1. The maximum Gasteiger partial charge on any atom is 0.254 e. The van der Waals surface area contributed by atoms with E-state index < -0.39 is 0 Å². The second kappa shape index (κ2) is 5.78. The van der Waals surface area contributed by atoms with Crippen molar-refractivity contribution in [2.45, 2.75) is 39.8 Å². The van der Waals surface area contributed by atoms with Crippen molar-refractivity contribution in [2.24, 2.45) is 5.41 Å². The average Bonchev–Trinajstić information content (AvgIpc) is 3.26. The number of aromatic nitrogens is 3. The van der Waals surface area contributed by atoms with Gasteiger partial charge in [0.15, 0.2) is 0 Å². The first kappa shape index (κ1) is 16.2. The Bertz CT molecular complexity index is 1040. The van der Waals surface area contributed by atoms with Crippen LogP contribution in [0.2, 0.25) is 0 Å². The SMILES string of the molecule is CC1(C)Cc2[nH]nc(-c3ccc4c(c3)CN(Cc3cccnc3)C4=O)c2C1. The molecular weight excluding hydrogens is 336 g/mol. The number of aromatic amines is 1. The summed E-state index contributed by atoms with van der Waals surface area (Å²) < 4.78 is 0. The quantitative estimate of drug-likeness (QED) is 0.775. The number of rotatable bonds is 3. The molecule has 1 N–H and O–H groups in total. The third kappa shape index (κ3) is 2.74. The maximum atomic E-state index is 12.8. The Morgan fingerprint density at radius 3 is 2.93 bits per heavy atom. The number of benzene rings is 1. The molecule has 0 saturated heterocycles. The van der Waals surface area contributed by atoms with Gasteiger partial charge in [-0.1, -0.05) is 26.0 Å². The van der Waals surface area contributed by atoms with Crippen LogP contribution in [0.1, 0.15) is 46.6 Å².